The number of rotatable bonds is 13. The van der Waals surface area contributed by atoms with Crippen molar-refractivity contribution in [1.82, 2.24) is 55.6 Å². The lowest BCUT2D eigenvalue weighted by atomic mass is 9.80. The van der Waals surface area contributed by atoms with Crippen LogP contribution in [0.3, 0.4) is 0 Å². The van der Waals surface area contributed by atoms with Crippen LogP contribution in [-0.2, 0) is 52.7 Å². The normalized spacial score (nSPS) is 29.7. The van der Waals surface area contributed by atoms with Gasteiger partial charge in [0.15, 0.2) is 0 Å². The van der Waals surface area contributed by atoms with E-state index in [4.69, 9.17) is 0 Å². The number of likely N-dealkylation sites (N-methyl/N-ethyl adjacent to an activating group) is 7. The Hall–Kier alpha value is -5.97. The molecular formula is C61H107N11O12. The Balaban J connectivity index is 2.97. The minimum Gasteiger partial charge on any atom is -0.390 e. The van der Waals surface area contributed by atoms with E-state index in [-0.39, 0.29) is 81.7 Å². The summed E-state index contributed by atoms with van der Waals surface area (Å²) in [6, 6.07) is -10.9. The van der Waals surface area contributed by atoms with Gasteiger partial charge in [0.05, 0.1) is 12.6 Å². The number of aliphatic hydroxyl groups excluding tert-OH is 1. The first-order chi connectivity index (χ1) is 38.8. The summed E-state index contributed by atoms with van der Waals surface area (Å²) in [5.74, 6) is -8.85. The molecule has 0 saturated carbocycles. The molecule has 23 heteroatoms. The molecule has 5 N–H and O–H groups in total. The van der Waals surface area contributed by atoms with Gasteiger partial charge in [0.25, 0.3) is 0 Å². The lowest BCUT2D eigenvalue weighted by molar-refractivity contribution is -0.158. The van der Waals surface area contributed by atoms with Gasteiger partial charge in [-0.3, -0.25) is 52.8 Å². The van der Waals surface area contributed by atoms with Crippen molar-refractivity contribution in [3.05, 3.63) is 12.7 Å². The zero-order valence-corrected chi connectivity index (χ0v) is 54.6. The van der Waals surface area contributed by atoms with Crippen LogP contribution in [0.15, 0.2) is 12.7 Å². The number of fused-ring (bicyclic) bond motifs is 3. The minimum absolute atomic E-state index is 0.0259. The average molecular weight is 1190 g/mol. The maximum Gasteiger partial charge on any atom is 0.246 e. The summed E-state index contributed by atoms with van der Waals surface area (Å²) in [6.07, 6.45) is 1.75. The van der Waals surface area contributed by atoms with E-state index >= 15 is 9.59 Å². The Morgan fingerprint density at radius 3 is 1.44 bits per heavy atom. The Labute approximate surface area is 501 Å². The van der Waals surface area contributed by atoms with Crippen molar-refractivity contribution >= 4 is 65.4 Å². The number of amides is 10. The third kappa shape index (κ3) is 19.5. The molecule has 23 nitrogen and oxygen atoms in total. The van der Waals surface area contributed by atoms with Crippen molar-refractivity contribution in [1.29, 1.82) is 0 Å². The third-order valence-corrected chi connectivity index (χ3v) is 16.4. The van der Waals surface area contributed by atoms with Crippen LogP contribution in [0.5, 0.6) is 0 Å². The highest BCUT2D eigenvalue weighted by Crippen LogP contribution is 2.31. The van der Waals surface area contributed by atoms with Gasteiger partial charge < -0.3 is 60.6 Å². The Morgan fingerprint density at radius 1 is 0.536 bits per heavy atom. The molecule has 0 unspecified atom stereocenters. The largest absolute Gasteiger partial charge is 0.390 e. The maximum absolute atomic E-state index is 15.1. The SMILES string of the molecule is C=CC[C@H]1CC[C@]2(C=O)CN(C)CC(=O)N(C)[C@@H](CC(C)C)C(=O)N[C@@H](C(C)C)C(=O)N(C)[C@@H](CC(C)C)C(=O)N[C@@H](C)C(=O)N[C@H](C)C(=O)N(C)[C@@H](CC(C)C)C(=O)N(C)[C@@H](CC(C)C)C(=O)N(C)[C@@H](C(C)C)C(=O)N(C)[C@H](C(=O)N2)[C@@H]1O. The number of carbonyl (C=O) groups is 11. The van der Waals surface area contributed by atoms with Gasteiger partial charge in [0.1, 0.15) is 66.2 Å². The molecule has 2 bridgehead atoms. The van der Waals surface area contributed by atoms with Crippen molar-refractivity contribution in [2.24, 2.45) is 41.4 Å². The van der Waals surface area contributed by atoms with Crippen molar-refractivity contribution in [3.8, 4) is 0 Å². The van der Waals surface area contributed by atoms with E-state index in [1.54, 1.807) is 45.7 Å². The molecule has 2 heterocycles. The second-order valence-corrected chi connectivity index (χ2v) is 26.4. The summed E-state index contributed by atoms with van der Waals surface area (Å²) in [6.45, 7) is 28.1. The molecule has 2 rings (SSSR count). The van der Waals surface area contributed by atoms with E-state index in [9.17, 15) is 48.3 Å². The molecule has 0 spiro atoms. The molecule has 478 valence electrons. The molecule has 0 aromatic carbocycles. The van der Waals surface area contributed by atoms with Crippen molar-refractivity contribution in [3.63, 3.8) is 0 Å². The number of nitrogens with one attached hydrogen (secondary N) is 4. The van der Waals surface area contributed by atoms with Crippen LogP contribution in [0.4, 0.5) is 0 Å². The van der Waals surface area contributed by atoms with E-state index < -0.39 is 143 Å². The molecule has 0 aliphatic carbocycles. The summed E-state index contributed by atoms with van der Waals surface area (Å²) < 4.78 is 0. The number of hydrogen-bond acceptors (Lipinski definition) is 13. The van der Waals surface area contributed by atoms with Gasteiger partial charge in [-0.2, -0.15) is 0 Å². The van der Waals surface area contributed by atoms with Gasteiger partial charge in [-0.05, 0) is 107 Å². The van der Waals surface area contributed by atoms with E-state index in [1.165, 1.54) is 80.6 Å². The first kappa shape index (κ1) is 74.1. The molecule has 10 amide bonds. The summed E-state index contributed by atoms with van der Waals surface area (Å²) in [7, 11) is 10.2. The van der Waals surface area contributed by atoms with Crippen LogP contribution in [-0.4, -0.2) is 233 Å². The summed E-state index contributed by atoms with van der Waals surface area (Å²) >= 11 is 0. The van der Waals surface area contributed by atoms with Crippen LogP contribution in [0.2, 0.25) is 0 Å². The number of hydrogen-bond donors (Lipinski definition) is 5. The van der Waals surface area contributed by atoms with Crippen molar-refractivity contribution in [2.75, 3.05) is 62.4 Å². The molecule has 0 aromatic heterocycles. The van der Waals surface area contributed by atoms with Crippen LogP contribution in [0.1, 0.15) is 142 Å². The van der Waals surface area contributed by atoms with Gasteiger partial charge in [-0.1, -0.05) is 89.2 Å². The number of nitrogens with zero attached hydrogens (tertiary/aromatic N) is 7. The van der Waals surface area contributed by atoms with E-state index in [0.29, 0.717) is 6.29 Å². The van der Waals surface area contributed by atoms with E-state index in [2.05, 4.69) is 27.8 Å². The average Bonchev–Trinajstić information content (AvgIpc) is 3.17. The standard InChI is InChI=1S/C61H107N11O12/c1-23-24-42-25-26-61(33-73)32-66(16)31-47(74)67(17)43(27-34(2)3)54(78)64-48(38(10)11)59(83)68(18)44(28-35(4)5)53(77)62-40(14)52(76)63-41(15)56(80)69(19)45(29-36(6)7)57(81)70(20)46(30-37(8)9)58(82)71(21)49(39(12)13)60(84)72(22)50(51(42)75)55(79)65-61/h23,33-46,48-51,75H,1,24-32H2,2-22H3,(H,62,77)(H,63,76)(H,64,78)(H,65,79)/t40-,41+,42-,43-,44-,45-,46-,48-,49-,50-,51+,61+/m0/s1. The van der Waals surface area contributed by atoms with Crippen molar-refractivity contribution < 1.29 is 57.8 Å². The molecule has 2 saturated heterocycles. The van der Waals surface area contributed by atoms with E-state index in [0.717, 1.165) is 4.90 Å². The summed E-state index contributed by atoms with van der Waals surface area (Å²) in [5.41, 5.74) is -1.65. The number of carbonyl (C=O) groups excluding carboxylic acids is 11. The topological polar surface area (TPSA) is 279 Å². The second kappa shape index (κ2) is 32.5. The highest BCUT2D eigenvalue weighted by atomic mass is 16.3. The minimum atomic E-state index is -1.65. The zero-order chi connectivity index (χ0) is 64.7. The third-order valence-electron chi connectivity index (χ3n) is 16.4. The van der Waals surface area contributed by atoms with Gasteiger partial charge in [0, 0.05) is 48.8 Å². The molecule has 2 fully saturated rings. The van der Waals surface area contributed by atoms with Crippen LogP contribution < -0.4 is 21.3 Å². The van der Waals surface area contributed by atoms with Crippen LogP contribution in [0, 0.1) is 41.4 Å². The van der Waals surface area contributed by atoms with Crippen molar-refractivity contribution in [2.45, 2.75) is 208 Å². The van der Waals surface area contributed by atoms with Gasteiger partial charge >= 0.3 is 0 Å². The Kier molecular flexibility index (Phi) is 28.7. The molecule has 84 heavy (non-hydrogen) atoms. The fourth-order valence-corrected chi connectivity index (χ4v) is 11.5. The predicted molar refractivity (Wildman–Crippen MR) is 322 cm³/mol. The van der Waals surface area contributed by atoms with E-state index in [1.807, 2.05) is 55.4 Å². The monoisotopic (exact) mass is 1190 g/mol. The first-order valence-corrected chi connectivity index (χ1v) is 30.1. The van der Waals surface area contributed by atoms with Crippen LogP contribution >= 0.6 is 0 Å². The summed E-state index contributed by atoms with van der Waals surface area (Å²) in [4.78, 5) is 168. The quantitative estimate of drug-likeness (QED) is 0.131. The zero-order valence-electron chi connectivity index (χ0n) is 54.6. The number of aldehydes is 1. The molecule has 0 aromatic rings. The summed E-state index contributed by atoms with van der Waals surface area (Å²) in [5, 5.41) is 23.2. The molecule has 2 aliphatic heterocycles. The fraction of sp³-hybridized carbons (Fsp3) is 0.787. The molecular weight excluding hydrogens is 1080 g/mol. The Morgan fingerprint density at radius 2 is 0.976 bits per heavy atom. The van der Waals surface area contributed by atoms with Gasteiger partial charge in [-0.15, -0.1) is 6.58 Å². The maximum atomic E-state index is 15.1. The first-order valence-electron chi connectivity index (χ1n) is 30.1. The predicted octanol–water partition coefficient (Wildman–Crippen LogP) is 2.29. The highest BCUT2D eigenvalue weighted by molar-refractivity contribution is 5.99. The second-order valence-electron chi connectivity index (χ2n) is 26.4. The highest BCUT2D eigenvalue weighted by Gasteiger charge is 2.48. The van der Waals surface area contributed by atoms with Gasteiger partial charge in [-0.25, -0.2) is 0 Å². The fourth-order valence-electron chi connectivity index (χ4n) is 11.5. The lowest BCUT2D eigenvalue weighted by Crippen LogP contribution is -2.67. The smallest absolute Gasteiger partial charge is 0.246 e. The Bertz CT molecular complexity index is 2330. The number of allylic oxidation sites excluding steroid dienone is 1. The number of aliphatic hydroxyl groups is 1. The van der Waals surface area contributed by atoms with Gasteiger partial charge in [0.2, 0.25) is 59.1 Å². The molecule has 12 atom stereocenters. The molecule has 2 aliphatic rings. The van der Waals surface area contributed by atoms with Crippen LogP contribution in [0.25, 0.3) is 0 Å². The lowest BCUT2D eigenvalue weighted by Gasteiger charge is -2.44. The molecule has 0 radical (unpaired) electrons.